The van der Waals surface area contributed by atoms with Crippen molar-refractivity contribution in [3.63, 3.8) is 0 Å². The third-order valence-electron chi connectivity index (χ3n) is 5.59. The summed E-state index contributed by atoms with van der Waals surface area (Å²) < 4.78 is 0. The van der Waals surface area contributed by atoms with E-state index in [1.807, 2.05) is 80.7 Å². The van der Waals surface area contributed by atoms with Crippen LogP contribution in [-0.2, 0) is 11.5 Å². The Morgan fingerprint density at radius 1 is 0.548 bits per heavy atom. The first-order valence-electron chi connectivity index (χ1n) is 10.5. The molecule has 0 aliphatic carbocycles. The van der Waals surface area contributed by atoms with Gasteiger partial charge in [-0.3, -0.25) is 0 Å². The predicted molar refractivity (Wildman–Crippen MR) is 133 cm³/mol. The maximum absolute atomic E-state index is 11.3. The summed E-state index contributed by atoms with van der Waals surface area (Å²) in [5.74, 6) is 4.03. The molecule has 0 unspecified atom stereocenters. The quantitative estimate of drug-likeness (QED) is 0.345. The lowest BCUT2D eigenvalue weighted by molar-refractivity contribution is 0.464. The Hall–Kier alpha value is -2.24. The predicted octanol–water partition coefficient (Wildman–Crippen LogP) is 6.93. The summed E-state index contributed by atoms with van der Waals surface area (Å²) >= 11 is 3.63. The molecule has 0 saturated heterocycles. The summed E-state index contributed by atoms with van der Waals surface area (Å²) in [6.07, 6.45) is 1.08. The van der Waals surface area contributed by atoms with E-state index in [2.05, 4.69) is 0 Å². The van der Waals surface area contributed by atoms with Crippen molar-refractivity contribution in [3.05, 3.63) is 64.2 Å². The molecule has 3 aromatic rings. The first kappa shape index (κ1) is 22.0. The number of thioether (sulfide) groups is 2. The smallest absolute Gasteiger partial charge is 0.131 e. The van der Waals surface area contributed by atoms with Crippen molar-refractivity contribution in [2.75, 3.05) is 11.5 Å². The molecule has 0 aromatic heterocycles. The number of rotatable bonds is 0. The summed E-state index contributed by atoms with van der Waals surface area (Å²) in [5.41, 5.74) is 7.27. The zero-order valence-corrected chi connectivity index (χ0v) is 19.8. The van der Waals surface area contributed by atoms with Gasteiger partial charge in [-0.25, -0.2) is 0 Å². The van der Waals surface area contributed by atoms with Crippen molar-refractivity contribution in [3.8, 4) is 39.5 Å². The van der Waals surface area contributed by atoms with E-state index in [4.69, 9.17) is 0 Å². The van der Waals surface area contributed by atoms with Crippen LogP contribution in [0.3, 0.4) is 0 Å². The lowest BCUT2D eigenvalue weighted by atomic mass is 9.91. The largest absolute Gasteiger partial charge is 0.507 e. The third-order valence-corrected chi connectivity index (χ3v) is 7.78. The van der Waals surface area contributed by atoms with Crippen LogP contribution in [0.5, 0.6) is 17.2 Å². The molecule has 0 fully saturated rings. The van der Waals surface area contributed by atoms with Crippen LogP contribution in [0.25, 0.3) is 22.3 Å². The van der Waals surface area contributed by atoms with Gasteiger partial charge in [-0.05, 0) is 79.7 Å². The first-order valence-corrected chi connectivity index (χ1v) is 12.8. The van der Waals surface area contributed by atoms with Gasteiger partial charge in [0.25, 0.3) is 0 Å². The van der Waals surface area contributed by atoms with E-state index < -0.39 is 0 Å². The van der Waals surface area contributed by atoms with E-state index >= 15 is 0 Å². The molecule has 1 aliphatic rings. The Morgan fingerprint density at radius 3 is 1.32 bits per heavy atom. The maximum Gasteiger partial charge on any atom is 0.131 e. The number of aromatic hydroxyl groups is 3. The van der Waals surface area contributed by atoms with E-state index in [1.165, 1.54) is 0 Å². The van der Waals surface area contributed by atoms with Gasteiger partial charge < -0.3 is 15.3 Å². The maximum atomic E-state index is 11.3. The van der Waals surface area contributed by atoms with Gasteiger partial charge in [0.05, 0.1) is 0 Å². The van der Waals surface area contributed by atoms with Gasteiger partial charge in [-0.2, -0.15) is 23.5 Å². The number of hydrogen-bond acceptors (Lipinski definition) is 5. The summed E-state index contributed by atoms with van der Waals surface area (Å²) in [6, 6.07) is 11.7. The van der Waals surface area contributed by atoms with Crippen LogP contribution in [0.2, 0.25) is 0 Å². The molecule has 4 rings (SSSR count). The minimum atomic E-state index is 0.0803. The number of benzene rings is 3. The lowest BCUT2D eigenvalue weighted by Gasteiger charge is -2.18. The van der Waals surface area contributed by atoms with Gasteiger partial charge in [-0.15, -0.1) is 0 Å². The molecule has 0 saturated carbocycles. The molecule has 3 aromatic carbocycles. The fourth-order valence-corrected chi connectivity index (χ4v) is 6.20. The first-order chi connectivity index (χ1) is 14.8. The molecule has 0 atom stereocenters. The van der Waals surface area contributed by atoms with Gasteiger partial charge in [0.2, 0.25) is 0 Å². The van der Waals surface area contributed by atoms with Crippen LogP contribution in [0, 0.1) is 20.8 Å². The highest BCUT2D eigenvalue weighted by Crippen LogP contribution is 2.47. The van der Waals surface area contributed by atoms with Crippen molar-refractivity contribution >= 4 is 23.5 Å². The SMILES string of the molecule is Cc1cc2c(O)c(c1)-c1cc(C)cc(c1O)-c1cc(C)cc(c1O)CSCCCSC2. The minimum Gasteiger partial charge on any atom is -0.507 e. The molecule has 31 heavy (non-hydrogen) atoms. The molecule has 0 spiro atoms. The molecule has 3 N–H and O–H groups in total. The average Bonchev–Trinajstić information content (AvgIpc) is 2.72. The zero-order chi connectivity index (χ0) is 22.1. The van der Waals surface area contributed by atoms with Gasteiger partial charge in [0.1, 0.15) is 17.2 Å². The number of phenolic OH excluding ortho intramolecular Hbond substituents is 3. The molecule has 3 nitrogen and oxygen atoms in total. The Morgan fingerprint density at radius 2 is 0.903 bits per heavy atom. The number of fused-ring (bicyclic) bond motifs is 8. The van der Waals surface area contributed by atoms with Crippen molar-refractivity contribution in [2.45, 2.75) is 38.7 Å². The lowest BCUT2D eigenvalue weighted by Crippen LogP contribution is -1.95. The van der Waals surface area contributed by atoms with Crippen molar-refractivity contribution in [1.29, 1.82) is 0 Å². The van der Waals surface area contributed by atoms with E-state index in [9.17, 15) is 15.3 Å². The standard InChI is InChI=1S/C26H28O3S2/c1-15-7-18-13-30-5-4-6-31-14-19-8-16(2)10-21(25(19)28)23-12-17(3)11-22(26(23)29)20(9-15)24(18)27/h7-12,27-29H,4-6,13-14H2,1-3H3. The van der Waals surface area contributed by atoms with E-state index in [0.29, 0.717) is 22.3 Å². The topological polar surface area (TPSA) is 60.7 Å². The molecule has 1 heterocycles. The van der Waals surface area contributed by atoms with Crippen molar-refractivity contribution in [2.24, 2.45) is 0 Å². The second kappa shape index (κ2) is 9.09. The fraction of sp³-hybridized carbons (Fsp3) is 0.308. The highest BCUT2D eigenvalue weighted by molar-refractivity contribution is 7.99. The Balaban J connectivity index is 1.99. The van der Waals surface area contributed by atoms with Crippen LogP contribution in [-0.4, -0.2) is 26.8 Å². The molecule has 1 aliphatic heterocycles. The Labute approximate surface area is 192 Å². The molecule has 162 valence electrons. The van der Waals surface area contributed by atoms with E-state index in [0.717, 1.165) is 57.2 Å². The number of hydrogen-bond donors (Lipinski definition) is 3. The van der Waals surface area contributed by atoms with Crippen LogP contribution in [0.1, 0.15) is 34.2 Å². The van der Waals surface area contributed by atoms with Gasteiger partial charge in [-0.1, -0.05) is 12.1 Å². The minimum absolute atomic E-state index is 0.0803. The average molecular weight is 453 g/mol. The zero-order valence-electron chi connectivity index (χ0n) is 18.2. The van der Waals surface area contributed by atoms with Crippen molar-refractivity contribution in [1.82, 2.24) is 0 Å². The van der Waals surface area contributed by atoms with Gasteiger partial charge in [0.15, 0.2) is 0 Å². The number of aryl methyl sites for hydroxylation is 3. The fourth-order valence-electron chi connectivity index (χ4n) is 4.16. The monoisotopic (exact) mass is 452 g/mol. The third kappa shape index (κ3) is 4.53. The molecule has 0 amide bonds. The Bertz CT molecular complexity index is 1050. The van der Waals surface area contributed by atoms with Crippen molar-refractivity contribution < 1.29 is 15.3 Å². The second-order valence-corrected chi connectivity index (χ2v) is 10.5. The summed E-state index contributed by atoms with van der Waals surface area (Å²) in [4.78, 5) is 0. The summed E-state index contributed by atoms with van der Waals surface area (Å²) in [6.45, 7) is 6.00. The molecule has 6 bridgehead atoms. The summed E-state index contributed by atoms with van der Waals surface area (Å²) in [7, 11) is 0. The van der Waals surface area contributed by atoms with Crippen LogP contribution < -0.4 is 0 Å². The molecular weight excluding hydrogens is 424 g/mol. The van der Waals surface area contributed by atoms with E-state index in [1.54, 1.807) is 0 Å². The molecule has 0 radical (unpaired) electrons. The molecular formula is C26H28O3S2. The van der Waals surface area contributed by atoms with Crippen LogP contribution >= 0.6 is 23.5 Å². The second-order valence-electron chi connectivity index (χ2n) is 8.31. The normalized spacial score (nSPS) is 14.4. The highest BCUT2D eigenvalue weighted by Gasteiger charge is 2.20. The van der Waals surface area contributed by atoms with E-state index in [-0.39, 0.29) is 17.2 Å². The van der Waals surface area contributed by atoms with Crippen LogP contribution in [0.15, 0.2) is 36.4 Å². The number of phenols is 3. The van der Waals surface area contributed by atoms with Crippen LogP contribution in [0.4, 0.5) is 0 Å². The summed E-state index contributed by atoms with van der Waals surface area (Å²) in [5, 5.41) is 33.5. The molecule has 5 heteroatoms. The highest BCUT2D eigenvalue weighted by atomic mass is 32.2. The Kier molecular flexibility index (Phi) is 6.44. The van der Waals surface area contributed by atoms with Gasteiger partial charge >= 0.3 is 0 Å². The van der Waals surface area contributed by atoms with Gasteiger partial charge in [0, 0.05) is 44.9 Å².